The molecule has 0 amide bonds. The zero-order chi connectivity index (χ0) is 20.1. The fourth-order valence-corrected chi connectivity index (χ4v) is 5.07. The Morgan fingerprint density at radius 3 is 2.55 bits per heavy atom. The van der Waals surface area contributed by atoms with Crippen LogP contribution in [0, 0.1) is 0 Å². The quantitative estimate of drug-likeness (QED) is 0.328. The van der Waals surface area contributed by atoms with Crippen LogP contribution in [0.5, 0.6) is 0 Å². The number of piperazine rings is 1. The molecule has 2 aliphatic rings. The number of ether oxygens (including phenoxy) is 1. The second kappa shape index (κ2) is 10.9. The Balaban J connectivity index is 0.00000300. The summed E-state index contributed by atoms with van der Waals surface area (Å²) in [5.74, 6) is 1.42. The van der Waals surface area contributed by atoms with Crippen LogP contribution in [0.25, 0.3) is 0 Å². The molecule has 29 heavy (non-hydrogen) atoms. The lowest BCUT2D eigenvalue weighted by Gasteiger charge is -2.37. The summed E-state index contributed by atoms with van der Waals surface area (Å²) in [4.78, 5) is 6.54. The van der Waals surface area contributed by atoms with Crippen LogP contribution in [-0.4, -0.2) is 81.8 Å². The average molecular weight is 536 g/mol. The molecule has 1 unspecified atom stereocenters. The minimum absolute atomic E-state index is 0. The van der Waals surface area contributed by atoms with Gasteiger partial charge in [0.2, 0.25) is 10.0 Å². The van der Waals surface area contributed by atoms with E-state index in [0.29, 0.717) is 32.1 Å². The number of halogens is 1. The van der Waals surface area contributed by atoms with Crippen molar-refractivity contribution in [3.63, 3.8) is 0 Å². The smallest absolute Gasteiger partial charge is 0.216 e. The van der Waals surface area contributed by atoms with E-state index in [1.165, 1.54) is 11.1 Å². The third kappa shape index (κ3) is 6.28. The summed E-state index contributed by atoms with van der Waals surface area (Å²) in [6.07, 6.45) is 1.15. The van der Waals surface area contributed by atoms with E-state index in [1.807, 2.05) is 13.8 Å². The Kier molecular flexibility index (Phi) is 9.17. The summed E-state index contributed by atoms with van der Waals surface area (Å²) in [6, 6.07) is 8.56. The Bertz CT molecular complexity index is 793. The molecule has 1 aliphatic heterocycles. The minimum atomic E-state index is -3.27. The summed E-state index contributed by atoms with van der Waals surface area (Å²) in [5.41, 5.74) is 2.86. The van der Waals surface area contributed by atoms with Gasteiger partial charge < -0.3 is 15.0 Å². The first-order valence-corrected chi connectivity index (χ1v) is 11.6. The van der Waals surface area contributed by atoms with Crippen molar-refractivity contribution >= 4 is 40.0 Å². The molecule has 1 aromatic rings. The lowest BCUT2D eigenvalue weighted by Crippen LogP contribution is -2.54. The molecule has 3 rings (SSSR count). The second-order valence-electron chi connectivity index (χ2n) is 7.65. The van der Waals surface area contributed by atoms with Crippen LogP contribution < -0.4 is 5.32 Å². The van der Waals surface area contributed by atoms with Crippen molar-refractivity contribution in [3.05, 3.63) is 35.4 Å². The number of nitrogens with one attached hydrogen (secondary N) is 1. The Labute approximate surface area is 192 Å². The van der Waals surface area contributed by atoms with Gasteiger partial charge in [-0.3, -0.25) is 4.99 Å². The molecule has 1 saturated heterocycles. The van der Waals surface area contributed by atoms with E-state index in [9.17, 15) is 8.42 Å². The largest absolute Gasteiger partial charge is 0.378 e. The molecule has 0 bridgehead atoms. The van der Waals surface area contributed by atoms with Crippen LogP contribution >= 0.6 is 24.0 Å². The molecule has 1 aliphatic carbocycles. The molecule has 7 nitrogen and oxygen atoms in total. The molecule has 0 saturated carbocycles. The van der Waals surface area contributed by atoms with Gasteiger partial charge in [-0.25, -0.2) is 8.42 Å². The Morgan fingerprint density at radius 2 is 1.93 bits per heavy atom. The van der Waals surface area contributed by atoms with Crippen LogP contribution in [0.15, 0.2) is 29.3 Å². The molecule has 1 heterocycles. The highest BCUT2D eigenvalue weighted by Crippen LogP contribution is 2.34. The number of aliphatic imine (C=N–C) groups is 1. The van der Waals surface area contributed by atoms with E-state index >= 15 is 0 Å². The van der Waals surface area contributed by atoms with E-state index in [-0.39, 0.29) is 42.4 Å². The van der Waals surface area contributed by atoms with Gasteiger partial charge in [0.1, 0.15) is 0 Å². The molecule has 1 atom stereocenters. The average Bonchev–Trinajstić information content (AvgIpc) is 2.65. The lowest BCUT2D eigenvalue weighted by atomic mass is 9.78. The monoisotopic (exact) mass is 536 g/mol. The van der Waals surface area contributed by atoms with Crippen LogP contribution in [0.2, 0.25) is 0 Å². The summed E-state index contributed by atoms with van der Waals surface area (Å²) >= 11 is 0. The van der Waals surface area contributed by atoms with Crippen LogP contribution in [0.3, 0.4) is 0 Å². The maximum absolute atomic E-state index is 12.5. The second-order valence-corrected chi connectivity index (χ2v) is 9.74. The van der Waals surface area contributed by atoms with E-state index in [2.05, 4.69) is 39.5 Å². The van der Waals surface area contributed by atoms with Crippen molar-refractivity contribution in [2.45, 2.75) is 32.3 Å². The molecule has 1 fully saturated rings. The number of fused-ring (bicyclic) bond motifs is 1. The molecule has 1 N–H and O–H groups in total. The van der Waals surface area contributed by atoms with Crippen molar-refractivity contribution in [2.24, 2.45) is 4.99 Å². The number of nitrogens with zero attached hydrogens (tertiary/aromatic N) is 3. The topological polar surface area (TPSA) is 74.2 Å². The molecule has 9 heteroatoms. The van der Waals surface area contributed by atoms with Crippen molar-refractivity contribution in [1.29, 1.82) is 0 Å². The van der Waals surface area contributed by atoms with Crippen molar-refractivity contribution in [1.82, 2.24) is 14.5 Å². The first-order valence-electron chi connectivity index (χ1n) is 10.0. The van der Waals surface area contributed by atoms with Crippen LogP contribution in [-0.2, 0) is 21.2 Å². The van der Waals surface area contributed by atoms with Gasteiger partial charge in [0.05, 0.1) is 18.5 Å². The summed E-state index contributed by atoms with van der Waals surface area (Å²) in [7, 11) is -1.49. The van der Waals surface area contributed by atoms with Gasteiger partial charge in [0.25, 0.3) is 0 Å². The van der Waals surface area contributed by atoms with Crippen molar-refractivity contribution < 1.29 is 13.2 Å². The number of rotatable bonds is 7. The van der Waals surface area contributed by atoms with Gasteiger partial charge in [-0.15, -0.1) is 24.0 Å². The molecule has 0 spiro atoms. The standard InChI is InChI=1S/C20H32N4O3S.HI/c1-16(2)27-12-13-28(25,26)24-10-8-23(9-11-24)20(21-3)22-15-18-14-17-6-4-5-7-19(17)18;/h4-7,16,18H,8-15H2,1-3H3,(H,21,22);1H. The summed E-state index contributed by atoms with van der Waals surface area (Å²) in [6.45, 7) is 7.17. The molecule has 164 valence electrons. The normalized spacial score (nSPS) is 20.1. The number of hydrogen-bond acceptors (Lipinski definition) is 4. The first-order chi connectivity index (χ1) is 13.4. The van der Waals surface area contributed by atoms with Crippen molar-refractivity contribution in [2.75, 3.05) is 52.1 Å². The van der Waals surface area contributed by atoms with Gasteiger partial charge in [0, 0.05) is 45.7 Å². The third-order valence-corrected chi connectivity index (χ3v) is 7.24. The van der Waals surface area contributed by atoms with E-state index in [1.54, 1.807) is 11.4 Å². The predicted molar refractivity (Wildman–Crippen MR) is 128 cm³/mol. The first kappa shape index (κ1) is 24.4. The number of hydrogen-bond donors (Lipinski definition) is 1. The highest BCUT2D eigenvalue weighted by molar-refractivity contribution is 14.0. The Hall–Kier alpha value is -0.910. The number of guanidine groups is 1. The molecule has 0 radical (unpaired) electrons. The molecular weight excluding hydrogens is 503 g/mol. The lowest BCUT2D eigenvalue weighted by molar-refractivity contribution is 0.0904. The maximum atomic E-state index is 12.5. The maximum Gasteiger partial charge on any atom is 0.216 e. The predicted octanol–water partition coefficient (Wildman–Crippen LogP) is 1.89. The van der Waals surface area contributed by atoms with Gasteiger partial charge in [-0.2, -0.15) is 4.31 Å². The highest BCUT2D eigenvalue weighted by atomic mass is 127. The molecule has 1 aromatic carbocycles. The fourth-order valence-electron chi connectivity index (χ4n) is 3.79. The van der Waals surface area contributed by atoms with Gasteiger partial charge in [-0.1, -0.05) is 24.3 Å². The van der Waals surface area contributed by atoms with Crippen molar-refractivity contribution in [3.8, 4) is 0 Å². The van der Waals surface area contributed by atoms with Crippen LogP contribution in [0.1, 0.15) is 30.9 Å². The van der Waals surface area contributed by atoms with E-state index < -0.39 is 10.0 Å². The number of benzene rings is 1. The third-order valence-electron chi connectivity index (χ3n) is 5.40. The van der Waals surface area contributed by atoms with Gasteiger partial charge in [0.15, 0.2) is 5.96 Å². The molecular formula is C20H33IN4O3S. The van der Waals surface area contributed by atoms with E-state index in [4.69, 9.17) is 4.74 Å². The highest BCUT2D eigenvalue weighted by Gasteiger charge is 2.29. The SMILES string of the molecule is CN=C(NCC1Cc2ccccc21)N1CCN(S(=O)(=O)CCOC(C)C)CC1.I. The van der Waals surface area contributed by atoms with Gasteiger partial charge in [-0.05, 0) is 31.4 Å². The van der Waals surface area contributed by atoms with E-state index in [0.717, 1.165) is 18.9 Å². The fraction of sp³-hybridized carbons (Fsp3) is 0.650. The zero-order valence-electron chi connectivity index (χ0n) is 17.5. The zero-order valence-corrected chi connectivity index (χ0v) is 20.7. The molecule has 0 aromatic heterocycles. The summed E-state index contributed by atoms with van der Waals surface area (Å²) in [5, 5.41) is 3.47. The van der Waals surface area contributed by atoms with Crippen LogP contribution in [0.4, 0.5) is 0 Å². The Morgan fingerprint density at radius 1 is 1.24 bits per heavy atom. The number of sulfonamides is 1. The summed E-state index contributed by atoms with van der Waals surface area (Å²) < 4.78 is 31.9. The van der Waals surface area contributed by atoms with Gasteiger partial charge >= 0.3 is 0 Å². The minimum Gasteiger partial charge on any atom is -0.378 e.